The number of methoxy groups -OCH3 is 1. The van der Waals surface area contributed by atoms with Gasteiger partial charge in [-0.3, -0.25) is 4.79 Å². The quantitative estimate of drug-likeness (QED) is 0.873. The molecule has 1 atom stereocenters. The highest BCUT2D eigenvalue weighted by molar-refractivity contribution is 5.99. The Morgan fingerprint density at radius 3 is 2.22 bits per heavy atom. The van der Waals surface area contributed by atoms with Crippen molar-refractivity contribution in [1.82, 2.24) is 5.32 Å². The van der Waals surface area contributed by atoms with Gasteiger partial charge < -0.3 is 15.2 Å². The monoisotopic (exact) mass is 321 g/mol. The minimum Gasteiger partial charge on any atom is -0.496 e. The predicted molar refractivity (Wildman–Crippen MR) is 90.2 cm³/mol. The summed E-state index contributed by atoms with van der Waals surface area (Å²) in [5, 5.41) is 12.0. The summed E-state index contributed by atoms with van der Waals surface area (Å²) >= 11 is 0. The van der Waals surface area contributed by atoms with E-state index in [9.17, 15) is 14.7 Å². The van der Waals surface area contributed by atoms with Crippen LogP contribution in [0.3, 0.4) is 0 Å². The maximum Gasteiger partial charge on any atom is 0.326 e. The average molecular weight is 321 g/mol. The molecule has 0 spiro atoms. The Morgan fingerprint density at radius 1 is 1.22 bits per heavy atom. The number of hydrogen-bond acceptors (Lipinski definition) is 3. The molecule has 0 heterocycles. The number of rotatable bonds is 5. The summed E-state index contributed by atoms with van der Waals surface area (Å²) in [4.78, 5) is 24.1. The zero-order chi connectivity index (χ0) is 17.9. The van der Waals surface area contributed by atoms with E-state index >= 15 is 0 Å². The molecule has 0 saturated heterocycles. The number of nitrogens with one attached hydrogen (secondary N) is 1. The van der Waals surface area contributed by atoms with Gasteiger partial charge in [0, 0.05) is 11.1 Å². The highest BCUT2D eigenvalue weighted by Gasteiger charge is 2.28. The molecule has 1 rings (SSSR count). The molecule has 1 unspecified atom stereocenters. The molecule has 128 valence electrons. The van der Waals surface area contributed by atoms with Gasteiger partial charge in [0.2, 0.25) is 0 Å². The molecule has 1 amide bonds. The Bertz CT molecular complexity index is 614. The third-order valence-electron chi connectivity index (χ3n) is 3.75. The van der Waals surface area contributed by atoms with Gasteiger partial charge in [0.05, 0.1) is 7.11 Å². The number of carboxylic acid groups (broad SMARTS) is 1. The van der Waals surface area contributed by atoms with Crippen LogP contribution >= 0.6 is 0 Å². The van der Waals surface area contributed by atoms with Gasteiger partial charge >= 0.3 is 5.97 Å². The Kier molecular flexibility index (Phi) is 5.81. The van der Waals surface area contributed by atoms with E-state index in [0.717, 1.165) is 16.7 Å². The van der Waals surface area contributed by atoms with Crippen molar-refractivity contribution in [2.45, 2.75) is 54.0 Å². The van der Waals surface area contributed by atoms with Crippen LogP contribution in [0.5, 0.6) is 5.75 Å². The fourth-order valence-electron chi connectivity index (χ4n) is 2.87. The SMILES string of the molecule is COc1c(C)cc(C)c(C(=O)NC(CC(C)(C)C)C(=O)O)c1C. The summed E-state index contributed by atoms with van der Waals surface area (Å²) in [5.74, 6) is -0.749. The molecule has 0 saturated carbocycles. The number of hydrogen-bond donors (Lipinski definition) is 2. The van der Waals surface area contributed by atoms with E-state index in [1.807, 2.05) is 47.6 Å². The first kappa shape index (κ1) is 19.0. The second-order valence-electron chi connectivity index (χ2n) is 7.17. The van der Waals surface area contributed by atoms with Gasteiger partial charge in [-0.25, -0.2) is 4.79 Å². The number of carboxylic acids is 1. The number of carbonyl (C=O) groups is 2. The zero-order valence-electron chi connectivity index (χ0n) is 15.0. The van der Waals surface area contributed by atoms with Crippen molar-refractivity contribution in [1.29, 1.82) is 0 Å². The molecule has 0 aliphatic carbocycles. The number of aryl methyl sites for hydroxylation is 2. The maximum absolute atomic E-state index is 12.6. The van der Waals surface area contributed by atoms with Crippen LogP contribution in [-0.4, -0.2) is 30.1 Å². The third kappa shape index (κ3) is 4.71. The van der Waals surface area contributed by atoms with Gasteiger partial charge in [-0.15, -0.1) is 0 Å². The summed E-state index contributed by atoms with van der Waals surface area (Å²) in [7, 11) is 1.56. The minimum absolute atomic E-state index is 0.203. The van der Waals surface area contributed by atoms with Crippen LogP contribution in [0.25, 0.3) is 0 Å². The van der Waals surface area contributed by atoms with Crippen LogP contribution in [0.4, 0.5) is 0 Å². The number of aliphatic carboxylic acids is 1. The molecule has 0 aliphatic rings. The summed E-state index contributed by atoms with van der Waals surface area (Å²) < 4.78 is 5.36. The van der Waals surface area contributed by atoms with Crippen molar-refractivity contribution in [3.05, 3.63) is 28.3 Å². The Hall–Kier alpha value is -2.04. The van der Waals surface area contributed by atoms with E-state index in [1.54, 1.807) is 7.11 Å². The summed E-state index contributed by atoms with van der Waals surface area (Å²) in [5.41, 5.74) is 2.75. The number of ether oxygens (including phenoxy) is 1. The van der Waals surface area contributed by atoms with Gasteiger partial charge in [0.1, 0.15) is 11.8 Å². The summed E-state index contributed by atoms with van der Waals surface area (Å²) in [6, 6.07) is 0.953. The zero-order valence-corrected chi connectivity index (χ0v) is 15.0. The van der Waals surface area contributed by atoms with Crippen molar-refractivity contribution in [3.8, 4) is 5.75 Å². The molecule has 5 heteroatoms. The fourth-order valence-corrected chi connectivity index (χ4v) is 2.87. The van der Waals surface area contributed by atoms with Gasteiger partial charge in [-0.05, 0) is 43.7 Å². The van der Waals surface area contributed by atoms with Crippen LogP contribution in [0.1, 0.15) is 54.2 Å². The van der Waals surface area contributed by atoms with Crippen molar-refractivity contribution in [2.75, 3.05) is 7.11 Å². The Morgan fingerprint density at radius 2 is 1.78 bits per heavy atom. The molecule has 0 fully saturated rings. The molecule has 0 bridgehead atoms. The van der Waals surface area contributed by atoms with Gasteiger partial charge in [0.15, 0.2) is 0 Å². The highest BCUT2D eigenvalue weighted by atomic mass is 16.5. The van der Waals surface area contributed by atoms with Crippen molar-refractivity contribution < 1.29 is 19.4 Å². The lowest BCUT2D eigenvalue weighted by Crippen LogP contribution is -2.43. The standard InChI is InChI=1S/C18H27NO4/c1-10-8-11(2)15(23-7)12(3)14(10)16(20)19-13(17(21)22)9-18(4,5)6/h8,13H,9H2,1-7H3,(H,19,20)(H,21,22). The van der Waals surface area contributed by atoms with E-state index in [0.29, 0.717) is 17.7 Å². The molecule has 0 aliphatic heterocycles. The molecule has 2 N–H and O–H groups in total. The summed E-state index contributed by atoms with van der Waals surface area (Å²) in [6.45, 7) is 11.4. The number of benzene rings is 1. The van der Waals surface area contributed by atoms with Crippen LogP contribution < -0.4 is 10.1 Å². The predicted octanol–water partition coefficient (Wildman–Crippen LogP) is 3.24. The first-order chi connectivity index (χ1) is 10.5. The fraction of sp³-hybridized carbons (Fsp3) is 0.556. The second-order valence-corrected chi connectivity index (χ2v) is 7.17. The van der Waals surface area contributed by atoms with Gasteiger partial charge in [-0.1, -0.05) is 26.8 Å². The molecule has 0 radical (unpaired) electrons. The van der Waals surface area contributed by atoms with Gasteiger partial charge in [-0.2, -0.15) is 0 Å². The molecular weight excluding hydrogens is 294 g/mol. The van der Waals surface area contributed by atoms with Crippen LogP contribution in [0.15, 0.2) is 6.07 Å². The van der Waals surface area contributed by atoms with Crippen molar-refractivity contribution in [3.63, 3.8) is 0 Å². The lowest BCUT2D eigenvalue weighted by molar-refractivity contribution is -0.140. The normalized spacial score (nSPS) is 12.7. The number of amides is 1. The van der Waals surface area contributed by atoms with E-state index in [1.165, 1.54) is 0 Å². The summed E-state index contributed by atoms with van der Waals surface area (Å²) in [6.07, 6.45) is 0.356. The minimum atomic E-state index is -1.03. The maximum atomic E-state index is 12.6. The van der Waals surface area contributed by atoms with E-state index < -0.39 is 12.0 Å². The lowest BCUT2D eigenvalue weighted by Gasteiger charge is -2.25. The van der Waals surface area contributed by atoms with E-state index in [4.69, 9.17) is 4.74 Å². The van der Waals surface area contributed by atoms with Crippen LogP contribution in [0, 0.1) is 26.2 Å². The lowest BCUT2D eigenvalue weighted by atomic mass is 9.88. The van der Waals surface area contributed by atoms with E-state index in [-0.39, 0.29) is 11.3 Å². The molecule has 0 aromatic heterocycles. The molecule has 5 nitrogen and oxygen atoms in total. The van der Waals surface area contributed by atoms with Gasteiger partial charge in [0.25, 0.3) is 5.91 Å². The average Bonchev–Trinajstić information content (AvgIpc) is 2.35. The Balaban J connectivity index is 3.17. The highest BCUT2D eigenvalue weighted by Crippen LogP contribution is 2.29. The van der Waals surface area contributed by atoms with Crippen LogP contribution in [0.2, 0.25) is 0 Å². The molecule has 23 heavy (non-hydrogen) atoms. The van der Waals surface area contributed by atoms with Crippen LogP contribution in [-0.2, 0) is 4.79 Å². The molecule has 1 aromatic carbocycles. The third-order valence-corrected chi connectivity index (χ3v) is 3.75. The largest absolute Gasteiger partial charge is 0.496 e. The number of carbonyl (C=O) groups excluding carboxylic acids is 1. The smallest absolute Gasteiger partial charge is 0.326 e. The molecular formula is C18H27NO4. The first-order valence-corrected chi connectivity index (χ1v) is 7.66. The van der Waals surface area contributed by atoms with Crippen molar-refractivity contribution in [2.24, 2.45) is 5.41 Å². The van der Waals surface area contributed by atoms with E-state index in [2.05, 4.69) is 5.32 Å². The topological polar surface area (TPSA) is 75.6 Å². The van der Waals surface area contributed by atoms with Crippen molar-refractivity contribution >= 4 is 11.9 Å². The first-order valence-electron chi connectivity index (χ1n) is 7.66. The molecule has 1 aromatic rings. The second kappa shape index (κ2) is 7.02. The Labute approximate surface area is 138 Å².